The Balaban J connectivity index is 1.19. The minimum atomic E-state index is -4.03. The normalized spacial score (nSPS) is 22.1. The molecule has 10 nitrogen and oxygen atoms in total. The minimum Gasteiger partial charge on any atom is -0.395 e. The van der Waals surface area contributed by atoms with Gasteiger partial charge in [0.15, 0.2) is 6.29 Å². The molecular formula is C45H49N3O7S. The van der Waals surface area contributed by atoms with Gasteiger partial charge >= 0.3 is 0 Å². The molecule has 2 aliphatic rings. The molecule has 0 saturated carbocycles. The first-order chi connectivity index (χ1) is 27.2. The van der Waals surface area contributed by atoms with Crippen LogP contribution in [0.25, 0.3) is 0 Å². The maximum atomic E-state index is 14.0. The van der Waals surface area contributed by atoms with Gasteiger partial charge in [-0.25, -0.2) is 8.42 Å². The zero-order valence-corrected chi connectivity index (χ0v) is 32.2. The van der Waals surface area contributed by atoms with Crippen molar-refractivity contribution in [3.8, 4) is 0 Å². The number of aliphatic hydroxyl groups excluding tert-OH is 2. The Hall–Kier alpha value is -4.72. The minimum absolute atomic E-state index is 0.0457. The lowest BCUT2D eigenvalue weighted by Crippen LogP contribution is -2.46. The number of amides is 1. The average Bonchev–Trinajstić information content (AvgIpc) is 3.68. The number of hydrogen-bond donors (Lipinski definition) is 4. The van der Waals surface area contributed by atoms with Crippen molar-refractivity contribution in [3.05, 3.63) is 167 Å². The van der Waals surface area contributed by atoms with Crippen LogP contribution in [-0.2, 0) is 37.3 Å². The third kappa shape index (κ3) is 9.45. The maximum Gasteiger partial charge on any atom is 0.242 e. The van der Waals surface area contributed by atoms with Crippen molar-refractivity contribution in [2.75, 3.05) is 25.0 Å². The van der Waals surface area contributed by atoms with Gasteiger partial charge < -0.3 is 25.0 Å². The molecular weight excluding hydrogens is 727 g/mol. The van der Waals surface area contributed by atoms with E-state index in [-0.39, 0.29) is 42.6 Å². The lowest BCUT2D eigenvalue weighted by atomic mass is 9.83. The summed E-state index contributed by atoms with van der Waals surface area (Å²) in [5, 5.41) is 23.0. The molecule has 0 aromatic heterocycles. The van der Waals surface area contributed by atoms with Crippen LogP contribution in [0, 0.1) is 6.92 Å². The molecule has 56 heavy (non-hydrogen) atoms. The Kier molecular flexibility index (Phi) is 12.7. The van der Waals surface area contributed by atoms with Crippen LogP contribution in [0.2, 0.25) is 0 Å². The van der Waals surface area contributed by atoms with Crippen molar-refractivity contribution < 1.29 is 32.9 Å². The van der Waals surface area contributed by atoms with E-state index in [2.05, 4.69) is 27.1 Å². The molecule has 6 unspecified atom stereocenters. The number of aliphatic hydroxyl groups is 2. The number of sulfonamides is 1. The van der Waals surface area contributed by atoms with Gasteiger partial charge in [-0.15, -0.1) is 0 Å². The number of hydrogen-bond acceptors (Lipinski definition) is 8. The summed E-state index contributed by atoms with van der Waals surface area (Å²) < 4.78 is 43.5. The second-order valence-electron chi connectivity index (χ2n) is 14.7. The van der Waals surface area contributed by atoms with Crippen molar-refractivity contribution in [1.82, 2.24) is 9.62 Å². The van der Waals surface area contributed by atoms with Crippen LogP contribution < -0.4 is 10.0 Å². The van der Waals surface area contributed by atoms with Gasteiger partial charge in [0.05, 0.1) is 30.3 Å². The monoisotopic (exact) mass is 775 g/mol. The Morgan fingerprint density at radius 2 is 1.50 bits per heavy atom. The molecule has 0 aliphatic carbocycles. The molecule has 2 saturated heterocycles. The molecule has 0 bridgehead atoms. The van der Waals surface area contributed by atoms with Gasteiger partial charge in [0.25, 0.3) is 0 Å². The summed E-state index contributed by atoms with van der Waals surface area (Å²) in [6, 6.07) is 39.9. The first-order valence-corrected chi connectivity index (χ1v) is 20.6. The lowest BCUT2D eigenvalue weighted by Gasteiger charge is -2.44. The van der Waals surface area contributed by atoms with Crippen molar-refractivity contribution in [1.29, 1.82) is 0 Å². The van der Waals surface area contributed by atoms with Crippen LogP contribution in [0.5, 0.6) is 0 Å². The fraction of sp³-hybridized carbons (Fsp3) is 0.311. The van der Waals surface area contributed by atoms with Crippen molar-refractivity contribution in [2.45, 2.75) is 74.2 Å². The van der Waals surface area contributed by atoms with E-state index < -0.39 is 34.4 Å². The fourth-order valence-corrected chi connectivity index (χ4v) is 8.94. The number of carbonyl (C=O) groups is 1. The molecule has 292 valence electrons. The molecule has 2 aliphatic heterocycles. The molecule has 11 heteroatoms. The summed E-state index contributed by atoms with van der Waals surface area (Å²) in [7, 11) is -4.03. The molecule has 2 heterocycles. The average molecular weight is 776 g/mol. The van der Waals surface area contributed by atoms with Gasteiger partial charge in [-0.1, -0.05) is 115 Å². The van der Waals surface area contributed by atoms with E-state index in [1.807, 2.05) is 91.9 Å². The summed E-state index contributed by atoms with van der Waals surface area (Å²) >= 11 is 0. The van der Waals surface area contributed by atoms with E-state index in [4.69, 9.17) is 9.47 Å². The van der Waals surface area contributed by atoms with Gasteiger partial charge in [0.1, 0.15) is 6.04 Å². The highest BCUT2D eigenvalue weighted by Gasteiger charge is 2.43. The number of nitrogens with zero attached hydrogens (tertiary/aromatic N) is 1. The van der Waals surface area contributed by atoms with E-state index >= 15 is 0 Å². The number of rotatable bonds is 14. The van der Waals surface area contributed by atoms with E-state index in [1.54, 1.807) is 24.3 Å². The van der Waals surface area contributed by atoms with Crippen molar-refractivity contribution in [3.63, 3.8) is 0 Å². The van der Waals surface area contributed by atoms with Gasteiger partial charge in [-0.05, 0) is 79.3 Å². The maximum absolute atomic E-state index is 14.0. The van der Waals surface area contributed by atoms with Crippen molar-refractivity contribution in [2.24, 2.45) is 0 Å². The van der Waals surface area contributed by atoms with E-state index in [0.717, 1.165) is 47.2 Å². The second-order valence-corrected chi connectivity index (χ2v) is 16.4. The number of likely N-dealkylation sites (tertiary alicyclic amines) is 1. The molecule has 1 amide bonds. The van der Waals surface area contributed by atoms with Crippen molar-refractivity contribution >= 4 is 21.6 Å². The molecule has 2 fully saturated rings. The summed E-state index contributed by atoms with van der Waals surface area (Å²) in [6.07, 6.45) is 0.448. The lowest BCUT2D eigenvalue weighted by molar-refractivity contribution is -0.264. The fourth-order valence-electron chi connectivity index (χ4n) is 7.74. The number of nitrogens with one attached hydrogen (secondary N) is 2. The smallest absolute Gasteiger partial charge is 0.242 e. The van der Waals surface area contributed by atoms with Crippen LogP contribution in [-0.4, -0.2) is 67.3 Å². The highest BCUT2D eigenvalue weighted by Crippen LogP contribution is 2.47. The molecule has 5 aromatic rings. The topological polar surface area (TPSA) is 137 Å². The van der Waals surface area contributed by atoms with E-state index in [0.29, 0.717) is 17.8 Å². The number of ether oxygens (including phenoxy) is 2. The summed E-state index contributed by atoms with van der Waals surface area (Å²) in [6.45, 7) is 3.31. The van der Waals surface area contributed by atoms with E-state index in [1.165, 1.54) is 12.1 Å². The first-order valence-electron chi connectivity index (χ1n) is 19.1. The third-order valence-corrected chi connectivity index (χ3v) is 12.2. The number of benzene rings is 5. The SMILES string of the molecule is Cc1ccc(S(=O)(=O)NC(Cc2ccccc2)C(=O)Nc2cccc(C3OC(CN4CCCC4CO)C(c4ccccc4)C(c4ccc(CO)cc4)O3)c2)cc1. The molecule has 4 N–H and O–H groups in total. The highest BCUT2D eigenvalue weighted by atomic mass is 32.2. The quantitative estimate of drug-likeness (QED) is 0.102. The van der Waals surface area contributed by atoms with Gasteiger partial charge in [0.2, 0.25) is 15.9 Å². The Bertz CT molecular complexity index is 2150. The number of carbonyl (C=O) groups excluding carboxylic acids is 1. The van der Waals surface area contributed by atoms with Gasteiger partial charge in [0, 0.05) is 29.8 Å². The predicted molar refractivity (Wildman–Crippen MR) is 215 cm³/mol. The van der Waals surface area contributed by atoms with Crippen LogP contribution in [0.3, 0.4) is 0 Å². The number of aryl methyl sites for hydroxylation is 1. The first kappa shape index (κ1) is 39.5. The Morgan fingerprint density at radius 3 is 2.20 bits per heavy atom. The van der Waals surface area contributed by atoms with E-state index in [9.17, 15) is 23.4 Å². The standard InChI is InChI=1S/C45H49N3O7S/c1-31-17-23-39(24-18-31)56(52,53)47-40(26-32-10-4-2-5-11-32)44(51)46-37-15-8-14-36(27-37)45-54-41(28-48-25-9-16-38(48)30-50)42(34-12-6-3-7-13-34)43(55-45)35-21-19-33(29-49)20-22-35/h2-8,10-15,17-24,27,38,40-43,45,47,49-50H,9,16,25-26,28-30H2,1H3,(H,46,51). The summed E-state index contributed by atoms with van der Waals surface area (Å²) in [4.78, 5) is 16.4. The molecule has 0 spiro atoms. The molecule has 0 radical (unpaired) electrons. The summed E-state index contributed by atoms with van der Waals surface area (Å²) in [5.74, 6) is -0.712. The zero-order chi connectivity index (χ0) is 39.1. The second kappa shape index (κ2) is 18.0. The zero-order valence-electron chi connectivity index (χ0n) is 31.4. The van der Waals surface area contributed by atoms with Crippen LogP contribution >= 0.6 is 0 Å². The highest BCUT2D eigenvalue weighted by molar-refractivity contribution is 7.89. The molecule has 6 atom stereocenters. The predicted octanol–water partition coefficient (Wildman–Crippen LogP) is 6.41. The largest absolute Gasteiger partial charge is 0.395 e. The Morgan fingerprint density at radius 1 is 0.804 bits per heavy atom. The van der Waals surface area contributed by atoms with Gasteiger partial charge in [-0.2, -0.15) is 4.72 Å². The summed E-state index contributed by atoms with van der Waals surface area (Å²) in [5.41, 5.74) is 5.65. The third-order valence-electron chi connectivity index (χ3n) is 10.7. The Labute approximate surface area is 329 Å². The molecule has 5 aromatic carbocycles. The molecule has 7 rings (SSSR count). The van der Waals surface area contributed by atoms with Crippen LogP contribution in [0.15, 0.2) is 138 Å². The number of anilines is 1. The van der Waals surface area contributed by atoms with Gasteiger partial charge in [-0.3, -0.25) is 9.69 Å². The van der Waals surface area contributed by atoms with Crippen LogP contribution in [0.1, 0.15) is 64.5 Å². The van der Waals surface area contributed by atoms with Crippen LogP contribution in [0.4, 0.5) is 5.69 Å².